The first-order chi connectivity index (χ1) is 9.63. The summed E-state index contributed by atoms with van der Waals surface area (Å²) in [5, 5.41) is 9.06. The number of rotatable bonds is 5. The Hall–Kier alpha value is -1.18. The van der Waals surface area contributed by atoms with Crippen LogP contribution in [0, 0.1) is 11.3 Å². The molecule has 1 aromatic carbocycles. The van der Waals surface area contributed by atoms with Gasteiger partial charge in [-0.2, -0.15) is 17.0 Å². The number of hydrogen-bond acceptors (Lipinski definition) is 3. The van der Waals surface area contributed by atoms with Crippen LogP contribution in [0.3, 0.4) is 0 Å². The molecule has 5 heteroatoms. The number of hydrogen-bond donors (Lipinski definition) is 0. The van der Waals surface area contributed by atoms with E-state index >= 15 is 0 Å². The average molecular weight is 308 g/mol. The van der Waals surface area contributed by atoms with Crippen LogP contribution in [-0.4, -0.2) is 21.6 Å². The second kappa shape index (κ2) is 6.51. The van der Waals surface area contributed by atoms with Gasteiger partial charge in [0.2, 0.25) is 0 Å². The van der Waals surface area contributed by atoms with E-state index in [9.17, 15) is 5.26 Å². The molecule has 0 saturated carbocycles. The third-order valence-corrected chi connectivity index (χ3v) is 4.33. The number of aromatic nitrogens is 2. The predicted octanol–water partition coefficient (Wildman–Crippen LogP) is 4.52. The standard InChI is InChI=1S/C15H18ClN3S/c1-4-12(9-20-3)19-13-7-5-6-11(8-17)14(13)18-15(19)10(2)16/h5-7,10,12H,4,9H2,1-3H3. The minimum absolute atomic E-state index is 0.176. The van der Waals surface area contributed by atoms with Crippen molar-refractivity contribution in [1.82, 2.24) is 9.55 Å². The summed E-state index contributed by atoms with van der Waals surface area (Å²) in [5.41, 5.74) is 2.38. The van der Waals surface area contributed by atoms with E-state index in [0.29, 0.717) is 11.6 Å². The molecule has 0 saturated heterocycles. The first-order valence-electron chi connectivity index (χ1n) is 6.68. The maximum absolute atomic E-state index is 9.24. The third kappa shape index (κ3) is 2.65. The van der Waals surface area contributed by atoms with Gasteiger partial charge in [0.1, 0.15) is 17.4 Å². The van der Waals surface area contributed by atoms with E-state index in [4.69, 9.17) is 11.6 Å². The van der Waals surface area contributed by atoms with Crippen molar-refractivity contribution in [2.75, 3.05) is 12.0 Å². The number of nitrogens with zero attached hydrogens (tertiary/aromatic N) is 3. The fraction of sp³-hybridized carbons (Fsp3) is 0.467. The molecule has 2 atom stereocenters. The number of thioether (sulfide) groups is 1. The monoisotopic (exact) mass is 307 g/mol. The van der Waals surface area contributed by atoms with Gasteiger partial charge in [-0.05, 0) is 31.7 Å². The number of alkyl halides is 1. The first kappa shape index (κ1) is 15.2. The van der Waals surface area contributed by atoms with E-state index in [1.807, 2.05) is 30.8 Å². The molecule has 1 aromatic heterocycles. The molecule has 1 heterocycles. The lowest BCUT2D eigenvalue weighted by atomic mass is 10.2. The number of para-hydroxylation sites is 1. The average Bonchev–Trinajstić information content (AvgIpc) is 2.84. The Labute approximate surface area is 128 Å². The highest BCUT2D eigenvalue weighted by atomic mass is 35.5. The smallest absolute Gasteiger partial charge is 0.128 e. The van der Waals surface area contributed by atoms with Crippen LogP contribution in [0.4, 0.5) is 0 Å². The van der Waals surface area contributed by atoms with E-state index in [0.717, 1.165) is 29.0 Å². The number of nitriles is 1. The quantitative estimate of drug-likeness (QED) is 0.762. The van der Waals surface area contributed by atoms with E-state index in [1.165, 1.54) is 0 Å². The molecule has 0 N–H and O–H groups in total. The highest BCUT2D eigenvalue weighted by molar-refractivity contribution is 7.98. The van der Waals surface area contributed by atoms with Crippen LogP contribution < -0.4 is 0 Å². The highest BCUT2D eigenvalue weighted by Gasteiger charge is 2.21. The summed E-state index contributed by atoms with van der Waals surface area (Å²) in [5.74, 6) is 1.86. The van der Waals surface area contributed by atoms with Crippen molar-refractivity contribution in [3.8, 4) is 6.07 Å². The van der Waals surface area contributed by atoms with Crippen molar-refractivity contribution in [1.29, 1.82) is 5.26 Å². The molecule has 106 valence electrons. The van der Waals surface area contributed by atoms with Gasteiger partial charge in [0.25, 0.3) is 0 Å². The van der Waals surface area contributed by atoms with Gasteiger partial charge >= 0.3 is 0 Å². The number of fused-ring (bicyclic) bond motifs is 1. The molecule has 3 nitrogen and oxygen atoms in total. The molecule has 2 aromatic rings. The highest BCUT2D eigenvalue weighted by Crippen LogP contribution is 2.31. The maximum atomic E-state index is 9.24. The molecule has 2 rings (SSSR count). The van der Waals surface area contributed by atoms with E-state index in [2.05, 4.69) is 28.8 Å². The Balaban J connectivity index is 2.73. The lowest BCUT2D eigenvalue weighted by molar-refractivity contribution is 0.530. The zero-order chi connectivity index (χ0) is 14.7. The summed E-state index contributed by atoms with van der Waals surface area (Å²) >= 11 is 8.12. The Morgan fingerprint density at radius 2 is 2.25 bits per heavy atom. The van der Waals surface area contributed by atoms with E-state index in [1.54, 1.807) is 6.07 Å². The van der Waals surface area contributed by atoms with Gasteiger partial charge in [-0.1, -0.05) is 13.0 Å². The van der Waals surface area contributed by atoms with Gasteiger partial charge in [0.15, 0.2) is 0 Å². The van der Waals surface area contributed by atoms with E-state index < -0.39 is 0 Å². The van der Waals surface area contributed by atoms with Crippen LogP contribution in [-0.2, 0) is 0 Å². The third-order valence-electron chi connectivity index (χ3n) is 3.42. The fourth-order valence-corrected chi connectivity index (χ4v) is 3.38. The molecule has 0 aliphatic carbocycles. The zero-order valence-corrected chi connectivity index (χ0v) is 13.5. The summed E-state index contributed by atoms with van der Waals surface area (Å²) in [7, 11) is 0. The summed E-state index contributed by atoms with van der Waals surface area (Å²) in [4.78, 5) is 4.63. The van der Waals surface area contributed by atoms with Gasteiger partial charge in [0, 0.05) is 11.8 Å². The predicted molar refractivity (Wildman–Crippen MR) is 86.4 cm³/mol. The van der Waals surface area contributed by atoms with Gasteiger partial charge in [-0.15, -0.1) is 11.6 Å². The largest absolute Gasteiger partial charge is 0.323 e. The summed E-state index contributed by atoms with van der Waals surface area (Å²) in [6.45, 7) is 4.10. The van der Waals surface area contributed by atoms with Crippen molar-refractivity contribution in [3.05, 3.63) is 29.6 Å². The maximum Gasteiger partial charge on any atom is 0.128 e. The molecule has 20 heavy (non-hydrogen) atoms. The summed E-state index contributed by atoms with van der Waals surface area (Å²) in [6, 6.07) is 8.30. The van der Waals surface area contributed by atoms with E-state index in [-0.39, 0.29) is 5.38 Å². The van der Waals surface area contributed by atoms with Crippen LogP contribution in [0.1, 0.15) is 43.1 Å². The van der Waals surface area contributed by atoms with Crippen LogP contribution in [0.15, 0.2) is 18.2 Å². The second-order valence-corrected chi connectivity index (χ2v) is 6.32. The van der Waals surface area contributed by atoms with Gasteiger partial charge in [-0.3, -0.25) is 0 Å². The molecular weight excluding hydrogens is 290 g/mol. The molecule has 0 spiro atoms. The zero-order valence-electron chi connectivity index (χ0n) is 11.9. The Bertz CT molecular complexity index is 642. The molecule has 0 amide bonds. The molecule has 0 radical (unpaired) electrons. The molecule has 0 bridgehead atoms. The van der Waals surface area contributed by atoms with Gasteiger partial charge in [-0.25, -0.2) is 4.98 Å². The van der Waals surface area contributed by atoms with Gasteiger partial charge in [0.05, 0.1) is 16.5 Å². The Morgan fingerprint density at radius 3 is 2.80 bits per heavy atom. The van der Waals surface area contributed by atoms with Crippen LogP contribution in [0.25, 0.3) is 11.0 Å². The topological polar surface area (TPSA) is 41.6 Å². The molecular formula is C15H18ClN3S. The summed E-state index contributed by atoms with van der Waals surface area (Å²) in [6.07, 6.45) is 3.12. The number of imidazole rings is 1. The minimum Gasteiger partial charge on any atom is -0.323 e. The fourth-order valence-electron chi connectivity index (χ4n) is 2.46. The lowest BCUT2D eigenvalue weighted by Crippen LogP contribution is -2.14. The molecule has 0 aliphatic rings. The molecule has 0 fully saturated rings. The van der Waals surface area contributed by atoms with Crippen LogP contribution in [0.5, 0.6) is 0 Å². The number of benzene rings is 1. The molecule has 2 unspecified atom stereocenters. The van der Waals surface area contributed by atoms with Crippen molar-refractivity contribution in [2.24, 2.45) is 0 Å². The molecule has 0 aliphatic heterocycles. The van der Waals surface area contributed by atoms with Crippen molar-refractivity contribution in [3.63, 3.8) is 0 Å². The lowest BCUT2D eigenvalue weighted by Gasteiger charge is -2.20. The second-order valence-electron chi connectivity index (χ2n) is 4.76. The number of halogens is 1. The normalized spacial score (nSPS) is 14.2. The van der Waals surface area contributed by atoms with Gasteiger partial charge < -0.3 is 4.57 Å². The van der Waals surface area contributed by atoms with Crippen LogP contribution >= 0.6 is 23.4 Å². The Morgan fingerprint density at radius 1 is 1.50 bits per heavy atom. The van der Waals surface area contributed by atoms with Crippen molar-refractivity contribution < 1.29 is 0 Å². The van der Waals surface area contributed by atoms with Crippen molar-refractivity contribution in [2.45, 2.75) is 31.7 Å². The first-order valence-corrected chi connectivity index (χ1v) is 8.51. The Kier molecular flexibility index (Phi) is 4.95. The SMILES string of the molecule is CCC(CSC)n1c(C(C)Cl)nc2c(C#N)cccc21. The minimum atomic E-state index is -0.176. The van der Waals surface area contributed by atoms with Crippen LogP contribution in [0.2, 0.25) is 0 Å². The summed E-state index contributed by atoms with van der Waals surface area (Å²) < 4.78 is 2.21. The van der Waals surface area contributed by atoms with Crippen molar-refractivity contribution >= 4 is 34.4 Å².